The molecule has 5 heteroatoms. The van der Waals surface area contributed by atoms with Gasteiger partial charge in [0.25, 0.3) is 5.91 Å². The molecule has 0 atom stereocenters. The Hall–Kier alpha value is -1.46. The first-order valence-electron chi connectivity index (χ1n) is 5.69. The van der Waals surface area contributed by atoms with Crippen molar-refractivity contribution >= 4 is 5.91 Å². The molecule has 2 heterocycles. The van der Waals surface area contributed by atoms with E-state index in [4.69, 9.17) is 4.74 Å². The number of amides is 1. The van der Waals surface area contributed by atoms with Crippen LogP contribution in [-0.2, 0) is 4.74 Å². The maximum absolute atomic E-state index is 11.7. The van der Waals surface area contributed by atoms with Gasteiger partial charge in [0.05, 0.1) is 5.60 Å². The molecule has 1 aromatic rings. The van der Waals surface area contributed by atoms with Gasteiger partial charge < -0.3 is 15.2 Å². The molecule has 1 fully saturated rings. The molecule has 17 heavy (non-hydrogen) atoms. The minimum Gasteiger partial charge on any atom is -0.388 e. The third-order valence-electron chi connectivity index (χ3n) is 2.90. The normalized spacial score (nSPS) is 18.6. The quantitative estimate of drug-likeness (QED) is 0.794. The van der Waals surface area contributed by atoms with Crippen LogP contribution in [0.5, 0.6) is 0 Å². The molecule has 1 saturated heterocycles. The highest BCUT2D eigenvalue weighted by Gasteiger charge is 2.30. The Morgan fingerprint density at radius 2 is 2.24 bits per heavy atom. The molecule has 2 rings (SSSR count). The summed E-state index contributed by atoms with van der Waals surface area (Å²) in [6.45, 7) is 1.32. The van der Waals surface area contributed by atoms with Crippen molar-refractivity contribution in [3.05, 3.63) is 30.1 Å². The molecule has 1 aromatic heterocycles. The summed E-state index contributed by atoms with van der Waals surface area (Å²) in [5.74, 6) is -0.259. The Morgan fingerprint density at radius 3 is 2.88 bits per heavy atom. The summed E-state index contributed by atoms with van der Waals surface area (Å²) in [5, 5.41) is 12.9. The van der Waals surface area contributed by atoms with Crippen LogP contribution in [0.1, 0.15) is 23.3 Å². The van der Waals surface area contributed by atoms with Crippen molar-refractivity contribution in [3.8, 4) is 0 Å². The molecule has 2 N–H and O–H groups in total. The molecule has 5 nitrogen and oxygen atoms in total. The van der Waals surface area contributed by atoms with Crippen LogP contribution in [0.25, 0.3) is 0 Å². The number of carbonyl (C=O) groups is 1. The molecule has 92 valence electrons. The first-order chi connectivity index (χ1) is 8.20. The summed E-state index contributed by atoms with van der Waals surface area (Å²) in [4.78, 5) is 15.7. The Kier molecular flexibility index (Phi) is 3.71. The number of aliphatic hydroxyl groups is 1. The summed E-state index contributed by atoms with van der Waals surface area (Å²) in [6, 6.07) is 5.15. The summed E-state index contributed by atoms with van der Waals surface area (Å²) < 4.78 is 5.17. The van der Waals surface area contributed by atoms with E-state index in [2.05, 4.69) is 10.3 Å². The monoisotopic (exact) mass is 236 g/mol. The van der Waals surface area contributed by atoms with Crippen LogP contribution in [0, 0.1) is 0 Å². The van der Waals surface area contributed by atoms with E-state index >= 15 is 0 Å². The first kappa shape index (κ1) is 12.0. The van der Waals surface area contributed by atoms with E-state index in [0.717, 1.165) is 0 Å². The number of carbonyl (C=O) groups excluding carboxylic acids is 1. The molecule has 1 aliphatic rings. The molecular weight excluding hydrogens is 220 g/mol. The number of nitrogens with one attached hydrogen (secondary N) is 1. The fraction of sp³-hybridized carbons (Fsp3) is 0.500. The average Bonchev–Trinajstić information content (AvgIpc) is 2.38. The van der Waals surface area contributed by atoms with Crippen molar-refractivity contribution in [2.24, 2.45) is 0 Å². The fourth-order valence-electron chi connectivity index (χ4n) is 1.76. The van der Waals surface area contributed by atoms with Gasteiger partial charge in [-0.2, -0.15) is 0 Å². The third-order valence-corrected chi connectivity index (χ3v) is 2.90. The zero-order chi connectivity index (χ0) is 12.1. The summed E-state index contributed by atoms with van der Waals surface area (Å²) in [7, 11) is 0. The Morgan fingerprint density at radius 1 is 1.47 bits per heavy atom. The summed E-state index contributed by atoms with van der Waals surface area (Å²) >= 11 is 0. The van der Waals surface area contributed by atoms with Gasteiger partial charge in [-0.3, -0.25) is 9.78 Å². The smallest absolute Gasteiger partial charge is 0.269 e. The van der Waals surface area contributed by atoms with E-state index in [-0.39, 0.29) is 12.5 Å². The standard InChI is InChI=1S/C12H16N2O3/c15-11(10-3-1-2-6-13-10)14-9-12(16)4-7-17-8-5-12/h1-3,6,16H,4-5,7-9H2,(H,14,15). The summed E-state index contributed by atoms with van der Waals surface area (Å²) in [5.41, 5.74) is -0.481. The van der Waals surface area contributed by atoms with Crippen molar-refractivity contribution in [2.45, 2.75) is 18.4 Å². The van der Waals surface area contributed by atoms with Crippen LogP contribution in [0.3, 0.4) is 0 Å². The highest BCUT2D eigenvalue weighted by atomic mass is 16.5. The second-order valence-electron chi connectivity index (χ2n) is 4.23. The number of hydrogen-bond donors (Lipinski definition) is 2. The number of ether oxygens (including phenoxy) is 1. The lowest BCUT2D eigenvalue weighted by molar-refractivity contribution is -0.0605. The van der Waals surface area contributed by atoms with Crippen LogP contribution in [0.2, 0.25) is 0 Å². The van der Waals surface area contributed by atoms with Crippen LogP contribution in [0.4, 0.5) is 0 Å². The maximum Gasteiger partial charge on any atom is 0.269 e. The average molecular weight is 236 g/mol. The van der Waals surface area contributed by atoms with Gasteiger partial charge >= 0.3 is 0 Å². The fourth-order valence-corrected chi connectivity index (χ4v) is 1.76. The van der Waals surface area contributed by atoms with Crippen LogP contribution in [-0.4, -0.2) is 41.4 Å². The van der Waals surface area contributed by atoms with Crippen LogP contribution in [0.15, 0.2) is 24.4 Å². The van der Waals surface area contributed by atoms with E-state index < -0.39 is 5.60 Å². The van der Waals surface area contributed by atoms with Gasteiger partial charge in [-0.1, -0.05) is 6.07 Å². The molecule has 0 saturated carbocycles. The predicted molar refractivity (Wildman–Crippen MR) is 61.6 cm³/mol. The Bertz CT molecular complexity index is 375. The second kappa shape index (κ2) is 5.25. The van der Waals surface area contributed by atoms with Gasteiger partial charge in [0, 0.05) is 38.8 Å². The topological polar surface area (TPSA) is 71.5 Å². The highest BCUT2D eigenvalue weighted by molar-refractivity contribution is 5.92. The van der Waals surface area contributed by atoms with E-state index in [1.54, 1.807) is 24.4 Å². The number of pyridine rings is 1. The summed E-state index contributed by atoms with van der Waals surface area (Å²) in [6.07, 6.45) is 2.67. The lowest BCUT2D eigenvalue weighted by Gasteiger charge is -2.31. The van der Waals surface area contributed by atoms with Crippen molar-refractivity contribution in [1.29, 1.82) is 0 Å². The molecular formula is C12H16N2O3. The number of hydrogen-bond acceptors (Lipinski definition) is 4. The molecule has 0 spiro atoms. The minimum absolute atomic E-state index is 0.242. The van der Waals surface area contributed by atoms with E-state index in [1.807, 2.05) is 0 Å². The largest absolute Gasteiger partial charge is 0.388 e. The predicted octanol–water partition coefficient (Wildman–Crippen LogP) is 0.353. The van der Waals surface area contributed by atoms with Crippen molar-refractivity contribution < 1.29 is 14.6 Å². The van der Waals surface area contributed by atoms with Gasteiger partial charge in [-0.05, 0) is 12.1 Å². The van der Waals surface area contributed by atoms with Crippen LogP contribution >= 0.6 is 0 Å². The van der Waals surface area contributed by atoms with Gasteiger partial charge in [-0.25, -0.2) is 0 Å². The molecule has 0 bridgehead atoms. The third kappa shape index (κ3) is 3.25. The number of aromatic nitrogens is 1. The maximum atomic E-state index is 11.7. The van der Waals surface area contributed by atoms with Gasteiger partial charge in [0.15, 0.2) is 0 Å². The molecule has 1 amide bonds. The Labute approximate surface area is 99.8 Å². The second-order valence-corrected chi connectivity index (χ2v) is 4.23. The first-order valence-corrected chi connectivity index (χ1v) is 5.69. The Balaban J connectivity index is 1.87. The molecule has 0 aliphatic carbocycles. The lowest BCUT2D eigenvalue weighted by atomic mass is 9.94. The zero-order valence-electron chi connectivity index (χ0n) is 9.56. The molecule has 0 unspecified atom stereocenters. The zero-order valence-corrected chi connectivity index (χ0v) is 9.56. The SMILES string of the molecule is O=C(NCC1(O)CCOCC1)c1ccccn1. The van der Waals surface area contributed by atoms with E-state index in [9.17, 15) is 9.90 Å². The van der Waals surface area contributed by atoms with Gasteiger partial charge in [-0.15, -0.1) is 0 Å². The van der Waals surface area contributed by atoms with Gasteiger partial charge in [0.2, 0.25) is 0 Å². The van der Waals surface area contributed by atoms with Gasteiger partial charge in [0.1, 0.15) is 5.69 Å². The van der Waals surface area contributed by atoms with Crippen LogP contribution < -0.4 is 5.32 Å². The molecule has 0 radical (unpaired) electrons. The minimum atomic E-state index is -0.845. The molecule has 0 aromatic carbocycles. The lowest BCUT2D eigenvalue weighted by Crippen LogP contribution is -2.46. The van der Waals surface area contributed by atoms with Crippen molar-refractivity contribution in [2.75, 3.05) is 19.8 Å². The number of nitrogens with zero attached hydrogens (tertiary/aromatic N) is 1. The molecule has 1 aliphatic heterocycles. The number of rotatable bonds is 3. The van der Waals surface area contributed by atoms with Crippen molar-refractivity contribution in [3.63, 3.8) is 0 Å². The van der Waals surface area contributed by atoms with Crippen molar-refractivity contribution in [1.82, 2.24) is 10.3 Å². The van der Waals surface area contributed by atoms with E-state index in [0.29, 0.717) is 31.7 Å². The van der Waals surface area contributed by atoms with E-state index in [1.165, 1.54) is 0 Å². The highest BCUT2D eigenvalue weighted by Crippen LogP contribution is 2.19.